The average molecular weight is 424 g/mol. The Morgan fingerprint density at radius 3 is 2.58 bits per heavy atom. The van der Waals surface area contributed by atoms with Crippen molar-refractivity contribution < 1.29 is 23.7 Å². The fraction of sp³-hybridized carbons (Fsp3) is 0.417. The molecule has 0 N–H and O–H groups in total. The highest BCUT2D eigenvalue weighted by Crippen LogP contribution is 2.39. The predicted molar refractivity (Wildman–Crippen MR) is 116 cm³/mol. The number of nitrogens with zero attached hydrogens (tertiary/aromatic N) is 2. The number of benzene rings is 2. The number of hydrogen-bond donors (Lipinski definition) is 0. The first-order valence-corrected chi connectivity index (χ1v) is 10.3. The second-order valence-electron chi connectivity index (χ2n) is 7.28. The molecule has 2 aromatic carbocycles. The molecule has 1 saturated heterocycles. The van der Waals surface area contributed by atoms with Crippen LogP contribution in [-0.4, -0.2) is 45.3 Å². The SMILES string of the molecule is COc1ccc(C2CCCN2C(=O)CCCOc2ccc(C#N)cc2OC)c(OC)c1. The van der Waals surface area contributed by atoms with Crippen LogP contribution in [0.3, 0.4) is 0 Å². The first-order valence-electron chi connectivity index (χ1n) is 10.3. The van der Waals surface area contributed by atoms with E-state index in [4.69, 9.17) is 24.2 Å². The number of hydrogen-bond acceptors (Lipinski definition) is 6. The molecule has 7 heteroatoms. The summed E-state index contributed by atoms with van der Waals surface area (Å²) in [7, 11) is 4.79. The molecular formula is C24H28N2O5. The van der Waals surface area contributed by atoms with Crippen molar-refractivity contribution in [2.45, 2.75) is 31.7 Å². The van der Waals surface area contributed by atoms with Crippen molar-refractivity contribution in [3.05, 3.63) is 47.5 Å². The van der Waals surface area contributed by atoms with Crippen LogP contribution in [0.5, 0.6) is 23.0 Å². The van der Waals surface area contributed by atoms with E-state index in [1.54, 1.807) is 32.4 Å². The van der Waals surface area contributed by atoms with E-state index in [2.05, 4.69) is 6.07 Å². The van der Waals surface area contributed by atoms with Gasteiger partial charge in [0.2, 0.25) is 5.91 Å². The van der Waals surface area contributed by atoms with Crippen LogP contribution in [0.15, 0.2) is 36.4 Å². The standard InChI is InChI=1S/C24H28N2O5/c1-28-18-9-10-19(22(15-18)29-2)20-6-4-12-26(20)24(27)7-5-13-31-21-11-8-17(16-25)14-23(21)30-3/h8-11,14-15,20H,4-7,12-13H2,1-3H3. The molecule has 1 heterocycles. The van der Waals surface area contributed by atoms with Crippen LogP contribution in [0.1, 0.15) is 42.9 Å². The fourth-order valence-electron chi connectivity index (χ4n) is 3.89. The van der Waals surface area contributed by atoms with Gasteiger partial charge in [0.25, 0.3) is 0 Å². The Labute approximate surface area is 183 Å². The van der Waals surface area contributed by atoms with E-state index >= 15 is 0 Å². The lowest BCUT2D eigenvalue weighted by atomic mass is 10.0. The summed E-state index contributed by atoms with van der Waals surface area (Å²) < 4.78 is 21.9. The molecule has 0 aliphatic carbocycles. The normalized spacial score (nSPS) is 15.3. The quantitative estimate of drug-likeness (QED) is 0.564. The van der Waals surface area contributed by atoms with E-state index in [0.717, 1.165) is 36.4 Å². The highest BCUT2D eigenvalue weighted by molar-refractivity contribution is 5.77. The molecule has 7 nitrogen and oxygen atoms in total. The minimum absolute atomic E-state index is 0.00731. The lowest BCUT2D eigenvalue weighted by Crippen LogP contribution is -2.30. The molecule has 1 fully saturated rings. The van der Waals surface area contributed by atoms with Crippen molar-refractivity contribution in [2.24, 2.45) is 0 Å². The lowest BCUT2D eigenvalue weighted by molar-refractivity contribution is -0.132. The highest BCUT2D eigenvalue weighted by Gasteiger charge is 2.31. The molecule has 1 aliphatic heterocycles. The number of methoxy groups -OCH3 is 3. The van der Waals surface area contributed by atoms with E-state index in [1.807, 2.05) is 23.1 Å². The van der Waals surface area contributed by atoms with Crippen molar-refractivity contribution in [3.63, 3.8) is 0 Å². The Morgan fingerprint density at radius 1 is 1.06 bits per heavy atom. The Hall–Kier alpha value is -3.40. The summed E-state index contributed by atoms with van der Waals surface area (Å²) in [4.78, 5) is 14.9. The number of likely N-dealkylation sites (tertiary alicyclic amines) is 1. The molecule has 0 spiro atoms. The largest absolute Gasteiger partial charge is 0.497 e. The number of amides is 1. The van der Waals surface area contributed by atoms with Crippen LogP contribution >= 0.6 is 0 Å². The van der Waals surface area contributed by atoms with Crippen molar-refractivity contribution >= 4 is 5.91 Å². The van der Waals surface area contributed by atoms with Crippen LogP contribution in [0.2, 0.25) is 0 Å². The van der Waals surface area contributed by atoms with Crippen molar-refractivity contribution in [1.82, 2.24) is 4.90 Å². The summed E-state index contributed by atoms with van der Waals surface area (Å²) in [6.45, 7) is 1.13. The third-order valence-electron chi connectivity index (χ3n) is 5.46. The summed E-state index contributed by atoms with van der Waals surface area (Å²) in [5, 5.41) is 8.99. The summed E-state index contributed by atoms with van der Waals surface area (Å²) in [5.74, 6) is 2.65. The van der Waals surface area contributed by atoms with Gasteiger partial charge in [-0.05, 0) is 43.5 Å². The van der Waals surface area contributed by atoms with Crippen molar-refractivity contribution in [1.29, 1.82) is 5.26 Å². The molecule has 0 saturated carbocycles. The van der Waals surface area contributed by atoms with Crippen molar-refractivity contribution in [3.8, 4) is 29.1 Å². The zero-order valence-electron chi connectivity index (χ0n) is 18.2. The summed E-state index contributed by atoms with van der Waals surface area (Å²) in [6, 6.07) is 12.8. The van der Waals surface area contributed by atoms with E-state index in [1.165, 1.54) is 7.11 Å². The fourth-order valence-corrected chi connectivity index (χ4v) is 3.89. The third kappa shape index (κ3) is 5.21. The van der Waals surface area contributed by atoms with Gasteiger partial charge >= 0.3 is 0 Å². The number of ether oxygens (including phenoxy) is 4. The second-order valence-corrected chi connectivity index (χ2v) is 7.28. The van der Waals surface area contributed by atoms with Crippen LogP contribution in [0.25, 0.3) is 0 Å². The molecular weight excluding hydrogens is 396 g/mol. The molecule has 0 aromatic heterocycles. The molecule has 0 radical (unpaired) electrons. The van der Waals surface area contributed by atoms with Crippen LogP contribution < -0.4 is 18.9 Å². The molecule has 31 heavy (non-hydrogen) atoms. The molecule has 2 aromatic rings. The van der Waals surface area contributed by atoms with Crippen LogP contribution in [0, 0.1) is 11.3 Å². The summed E-state index contributed by atoms with van der Waals surface area (Å²) in [5.41, 5.74) is 1.51. The molecule has 3 rings (SSSR count). The molecule has 164 valence electrons. The topological polar surface area (TPSA) is 81.0 Å². The number of carbonyl (C=O) groups excluding carboxylic acids is 1. The van der Waals surface area contributed by atoms with E-state index in [9.17, 15) is 4.79 Å². The zero-order valence-corrected chi connectivity index (χ0v) is 18.2. The second kappa shape index (κ2) is 10.6. The van der Waals surface area contributed by atoms with Gasteiger partial charge in [-0.1, -0.05) is 0 Å². The molecule has 1 amide bonds. The first kappa shape index (κ1) is 22.3. The van der Waals surface area contributed by atoms with E-state index < -0.39 is 0 Å². The van der Waals surface area contributed by atoms with Gasteiger partial charge in [-0.2, -0.15) is 5.26 Å². The number of nitriles is 1. The van der Waals surface area contributed by atoms with Gasteiger partial charge in [0.05, 0.1) is 45.6 Å². The minimum atomic E-state index is 0.00731. The Bertz CT molecular complexity index is 953. The van der Waals surface area contributed by atoms with E-state index in [-0.39, 0.29) is 11.9 Å². The monoisotopic (exact) mass is 424 g/mol. The minimum Gasteiger partial charge on any atom is -0.497 e. The predicted octanol–water partition coefficient (Wildman–Crippen LogP) is 4.11. The Balaban J connectivity index is 1.58. The maximum atomic E-state index is 12.9. The molecule has 1 unspecified atom stereocenters. The highest BCUT2D eigenvalue weighted by atomic mass is 16.5. The molecule has 1 atom stereocenters. The van der Waals surface area contributed by atoms with Gasteiger partial charge in [-0.3, -0.25) is 4.79 Å². The Kier molecular flexibility index (Phi) is 7.60. The van der Waals surface area contributed by atoms with Crippen LogP contribution in [0.4, 0.5) is 0 Å². The molecule has 0 bridgehead atoms. The third-order valence-corrected chi connectivity index (χ3v) is 5.46. The first-order chi connectivity index (χ1) is 15.1. The number of rotatable bonds is 9. The van der Waals surface area contributed by atoms with Gasteiger partial charge < -0.3 is 23.8 Å². The smallest absolute Gasteiger partial charge is 0.223 e. The summed E-state index contributed by atoms with van der Waals surface area (Å²) >= 11 is 0. The van der Waals surface area contributed by atoms with Gasteiger partial charge in [0.1, 0.15) is 11.5 Å². The van der Waals surface area contributed by atoms with Crippen molar-refractivity contribution in [2.75, 3.05) is 34.5 Å². The molecule has 1 aliphatic rings. The van der Waals surface area contributed by atoms with Gasteiger partial charge in [-0.15, -0.1) is 0 Å². The maximum Gasteiger partial charge on any atom is 0.223 e. The maximum absolute atomic E-state index is 12.9. The zero-order chi connectivity index (χ0) is 22.2. The van der Waals surface area contributed by atoms with Gasteiger partial charge in [0, 0.05) is 30.7 Å². The number of carbonyl (C=O) groups is 1. The Morgan fingerprint density at radius 2 is 1.87 bits per heavy atom. The van der Waals surface area contributed by atoms with Gasteiger partial charge in [0.15, 0.2) is 11.5 Å². The van der Waals surface area contributed by atoms with E-state index in [0.29, 0.717) is 36.5 Å². The lowest BCUT2D eigenvalue weighted by Gasteiger charge is -2.26. The summed E-state index contributed by atoms with van der Waals surface area (Å²) in [6.07, 6.45) is 2.86. The average Bonchev–Trinajstić information content (AvgIpc) is 3.31. The van der Waals surface area contributed by atoms with Crippen LogP contribution in [-0.2, 0) is 4.79 Å². The van der Waals surface area contributed by atoms with Gasteiger partial charge in [-0.25, -0.2) is 0 Å².